The molecule has 0 fully saturated rings. The van der Waals surface area contributed by atoms with Crippen LogP contribution in [0.1, 0.15) is 0 Å². The molecule has 0 radical (unpaired) electrons. The van der Waals surface area contributed by atoms with Crippen LogP contribution in [0.5, 0.6) is 5.75 Å². The van der Waals surface area contributed by atoms with Crippen molar-refractivity contribution in [3.05, 3.63) is 41.4 Å². The number of ether oxygens (including phenoxy) is 1. The van der Waals surface area contributed by atoms with Gasteiger partial charge in [-0.25, -0.2) is 13.2 Å². The first-order valence-electron chi connectivity index (χ1n) is 5.96. The Labute approximate surface area is 138 Å². The van der Waals surface area contributed by atoms with Gasteiger partial charge in [0.2, 0.25) is 5.83 Å². The number of rotatable bonds is 5. The molecule has 0 unspecified atom stereocenters. The molecule has 0 aliphatic rings. The molecule has 154 valence electrons. The highest BCUT2D eigenvalue weighted by Crippen LogP contribution is 2.55. The van der Waals surface area contributed by atoms with E-state index in [9.17, 15) is 61.5 Å². The molecular weight excluding hydrogens is 426 g/mol. The van der Waals surface area contributed by atoms with Crippen molar-refractivity contribution in [2.24, 2.45) is 0 Å². The maximum absolute atomic E-state index is 13.2. The van der Waals surface area contributed by atoms with Gasteiger partial charge in [0.05, 0.1) is 0 Å². The van der Waals surface area contributed by atoms with Crippen molar-refractivity contribution in [3.8, 4) is 5.75 Å². The van der Waals surface area contributed by atoms with Crippen LogP contribution >= 0.6 is 0 Å². The topological polar surface area (TPSA) is 9.23 Å². The number of hydrogen-bond acceptors (Lipinski definition) is 1. The normalized spacial score (nSPS) is 14.9. The number of allylic oxidation sites excluding steroid dienone is 1. The average molecular weight is 428 g/mol. The molecule has 0 saturated heterocycles. The van der Waals surface area contributed by atoms with E-state index in [1.54, 1.807) is 0 Å². The molecule has 0 bridgehead atoms. The maximum Gasteiger partial charge on any atom is 0.460 e. The molecule has 0 atom stereocenters. The minimum absolute atomic E-state index is 0.300. The molecule has 27 heavy (non-hydrogen) atoms. The minimum atomic E-state index is -7.54. The van der Waals surface area contributed by atoms with E-state index >= 15 is 0 Å². The second-order valence-electron chi connectivity index (χ2n) is 4.61. The molecule has 0 aliphatic carbocycles. The fourth-order valence-corrected chi connectivity index (χ4v) is 1.38. The number of halogens is 14. The summed E-state index contributed by atoms with van der Waals surface area (Å²) < 4.78 is 181. The molecule has 0 saturated carbocycles. The molecule has 0 heterocycles. The fraction of sp³-hybridized carbons (Fsp3) is 0.333. The zero-order chi connectivity index (χ0) is 21.6. The highest BCUT2D eigenvalue weighted by molar-refractivity contribution is 5.27. The summed E-state index contributed by atoms with van der Waals surface area (Å²) in [6.45, 7) is 0. The molecule has 1 rings (SSSR count). The van der Waals surface area contributed by atoms with Gasteiger partial charge >= 0.3 is 30.0 Å². The van der Waals surface area contributed by atoms with Gasteiger partial charge in [-0.2, -0.15) is 48.3 Å². The van der Waals surface area contributed by atoms with Crippen molar-refractivity contribution in [1.29, 1.82) is 0 Å². The summed E-state index contributed by atoms with van der Waals surface area (Å²) in [5.41, 5.74) is 0. The molecule has 1 aromatic carbocycles. The highest BCUT2D eigenvalue weighted by Gasteiger charge is 2.83. The van der Waals surface area contributed by atoms with Crippen LogP contribution in [-0.4, -0.2) is 23.9 Å². The van der Waals surface area contributed by atoms with Crippen molar-refractivity contribution in [3.63, 3.8) is 0 Å². The highest BCUT2D eigenvalue weighted by atomic mass is 19.4. The molecule has 0 amide bonds. The quantitative estimate of drug-likeness (QED) is 0.315. The van der Waals surface area contributed by atoms with Crippen molar-refractivity contribution >= 4 is 0 Å². The van der Waals surface area contributed by atoms with Crippen LogP contribution in [0.2, 0.25) is 0 Å². The lowest BCUT2D eigenvalue weighted by molar-refractivity contribution is -0.392. The van der Waals surface area contributed by atoms with E-state index in [2.05, 4.69) is 4.74 Å². The molecule has 1 aromatic rings. The maximum atomic E-state index is 13.2. The van der Waals surface area contributed by atoms with Gasteiger partial charge in [-0.05, 0) is 0 Å². The van der Waals surface area contributed by atoms with Gasteiger partial charge in [-0.3, -0.25) is 0 Å². The third kappa shape index (κ3) is 3.76. The second kappa shape index (κ2) is 6.74. The summed E-state index contributed by atoms with van der Waals surface area (Å²) in [7, 11) is 0. The predicted octanol–water partition coefficient (Wildman–Crippen LogP) is 6.06. The molecule has 0 spiro atoms. The van der Waals surface area contributed by atoms with Crippen LogP contribution in [0.3, 0.4) is 0 Å². The SMILES string of the molecule is FC(Oc1cc(F)c(F)c(F)c1)=C(F)C(F)(F)C(F)(F)C(F)(F)C(F)(F)F. The van der Waals surface area contributed by atoms with E-state index in [1.165, 1.54) is 0 Å². The Kier molecular flexibility index (Phi) is 5.70. The number of benzene rings is 1. The number of alkyl halides is 9. The lowest BCUT2D eigenvalue weighted by Crippen LogP contribution is -2.61. The molecule has 0 N–H and O–H groups in total. The monoisotopic (exact) mass is 428 g/mol. The van der Waals surface area contributed by atoms with E-state index in [0.717, 1.165) is 0 Å². The largest absolute Gasteiger partial charge is 0.460 e. The van der Waals surface area contributed by atoms with Crippen LogP contribution in [0, 0.1) is 17.5 Å². The van der Waals surface area contributed by atoms with Crippen LogP contribution in [0.15, 0.2) is 24.0 Å². The summed E-state index contributed by atoms with van der Waals surface area (Å²) in [6.07, 6.45) is -7.29. The van der Waals surface area contributed by atoms with Crippen LogP contribution in [-0.2, 0) is 0 Å². The average Bonchev–Trinajstić information content (AvgIpc) is 2.50. The number of hydrogen-bond donors (Lipinski definition) is 0. The van der Waals surface area contributed by atoms with Crippen molar-refractivity contribution in [2.45, 2.75) is 23.9 Å². The van der Waals surface area contributed by atoms with Gasteiger partial charge in [0.1, 0.15) is 5.75 Å². The van der Waals surface area contributed by atoms with Crippen LogP contribution in [0.4, 0.5) is 61.5 Å². The minimum Gasteiger partial charge on any atom is -0.429 e. The molecule has 15 heteroatoms. The Morgan fingerprint density at radius 3 is 1.48 bits per heavy atom. The third-order valence-corrected chi connectivity index (χ3v) is 2.76. The van der Waals surface area contributed by atoms with Gasteiger partial charge < -0.3 is 4.74 Å². The lowest BCUT2D eigenvalue weighted by Gasteiger charge is -2.32. The molecular formula is C12H2F14O. The summed E-state index contributed by atoms with van der Waals surface area (Å²) in [6, 6.07) is -4.14. The Balaban J connectivity index is 3.36. The fourth-order valence-electron chi connectivity index (χ4n) is 1.38. The standard InChI is InChI=1S/C12H2F14O/c13-4-1-3(2-5(14)6(4)15)27-8(17)7(16)9(18,19)10(20,21)11(22,23)12(24,25)26/h1-2H. The van der Waals surface area contributed by atoms with E-state index in [-0.39, 0.29) is 12.1 Å². The van der Waals surface area contributed by atoms with E-state index in [1.807, 2.05) is 0 Å². The molecule has 0 aliphatic heterocycles. The zero-order valence-corrected chi connectivity index (χ0v) is 11.9. The Bertz CT molecular complexity index is 724. The van der Waals surface area contributed by atoms with E-state index in [0.29, 0.717) is 0 Å². The van der Waals surface area contributed by atoms with Crippen molar-refractivity contribution < 1.29 is 66.2 Å². The van der Waals surface area contributed by atoms with E-state index < -0.39 is 59.0 Å². The summed E-state index contributed by atoms with van der Waals surface area (Å²) >= 11 is 0. The van der Waals surface area contributed by atoms with Gasteiger partial charge in [-0.15, -0.1) is 0 Å². The van der Waals surface area contributed by atoms with E-state index in [4.69, 9.17) is 0 Å². The first-order valence-corrected chi connectivity index (χ1v) is 5.96. The van der Waals surface area contributed by atoms with Crippen LogP contribution < -0.4 is 4.74 Å². The molecule has 0 aromatic heterocycles. The van der Waals surface area contributed by atoms with Gasteiger partial charge in [-0.1, -0.05) is 0 Å². The first-order chi connectivity index (χ1) is 11.9. The van der Waals surface area contributed by atoms with Gasteiger partial charge in [0.15, 0.2) is 17.5 Å². The summed E-state index contributed by atoms with van der Waals surface area (Å²) in [5.74, 6) is -34.6. The van der Waals surface area contributed by atoms with Crippen LogP contribution in [0.25, 0.3) is 0 Å². The Morgan fingerprint density at radius 1 is 0.704 bits per heavy atom. The summed E-state index contributed by atoms with van der Waals surface area (Å²) in [4.78, 5) is 0. The Morgan fingerprint density at radius 2 is 1.11 bits per heavy atom. The predicted molar refractivity (Wildman–Crippen MR) is 57.1 cm³/mol. The Hall–Kier alpha value is -2.22. The van der Waals surface area contributed by atoms with Gasteiger partial charge in [0, 0.05) is 12.1 Å². The zero-order valence-electron chi connectivity index (χ0n) is 11.9. The second-order valence-corrected chi connectivity index (χ2v) is 4.61. The van der Waals surface area contributed by atoms with Gasteiger partial charge in [0.25, 0.3) is 0 Å². The first kappa shape index (κ1) is 22.8. The summed E-state index contributed by atoms with van der Waals surface area (Å²) in [5, 5.41) is 0. The van der Waals surface area contributed by atoms with Crippen molar-refractivity contribution in [1.82, 2.24) is 0 Å². The third-order valence-electron chi connectivity index (χ3n) is 2.76. The lowest BCUT2D eigenvalue weighted by atomic mass is 10.0. The van der Waals surface area contributed by atoms with Crippen molar-refractivity contribution in [2.75, 3.05) is 0 Å². The molecule has 1 nitrogen and oxygen atoms in total. The smallest absolute Gasteiger partial charge is 0.429 e.